The summed E-state index contributed by atoms with van der Waals surface area (Å²) >= 11 is 0. The molecule has 5 rings (SSSR count). The summed E-state index contributed by atoms with van der Waals surface area (Å²) in [6.45, 7) is 3.71. The number of carbonyl (C=O) groups is 1. The number of hydrogen-bond acceptors (Lipinski definition) is 7. The van der Waals surface area contributed by atoms with Crippen LogP contribution in [-0.2, 0) is 11.2 Å². The number of hydrogen-bond donors (Lipinski definition) is 0. The van der Waals surface area contributed by atoms with Crippen molar-refractivity contribution in [3.63, 3.8) is 0 Å². The van der Waals surface area contributed by atoms with Crippen LogP contribution in [-0.4, -0.2) is 54.1 Å². The summed E-state index contributed by atoms with van der Waals surface area (Å²) in [6.07, 6.45) is 5.32. The molecule has 29 heavy (non-hydrogen) atoms. The van der Waals surface area contributed by atoms with Crippen molar-refractivity contribution in [2.75, 3.05) is 42.6 Å². The molecule has 3 aromatic rings. The third-order valence-corrected chi connectivity index (χ3v) is 5.38. The van der Waals surface area contributed by atoms with E-state index >= 15 is 0 Å². The molecule has 0 aliphatic carbocycles. The molecule has 1 saturated heterocycles. The monoisotopic (exact) mass is 387 g/mol. The maximum absolute atomic E-state index is 11.3. The van der Waals surface area contributed by atoms with Gasteiger partial charge < -0.3 is 14.5 Å². The van der Waals surface area contributed by atoms with Crippen LogP contribution < -0.4 is 9.80 Å². The van der Waals surface area contributed by atoms with Crippen LogP contribution in [0.1, 0.15) is 15.9 Å². The van der Waals surface area contributed by atoms with Gasteiger partial charge in [0.25, 0.3) is 0 Å². The first-order valence-electron chi connectivity index (χ1n) is 9.80. The van der Waals surface area contributed by atoms with Crippen molar-refractivity contribution in [1.29, 1.82) is 0 Å². The number of aromatic nitrogens is 3. The Hall–Kier alpha value is -3.32. The van der Waals surface area contributed by atoms with Gasteiger partial charge in [0.1, 0.15) is 12.1 Å². The molecule has 4 heterocycles. The first-order valence-corrected chi connectivity index (χ1v) is 9.80. The van der Waals surface area contributed by atoms with E-state index in [0.717, 1.165) is 60.7 Å². The summed E-state index contributed by atoms with van der Waals surface area (Å²) in [5, 5.41) is 0. The number of ether oxygens (including phenoxy) is 1. The van der Waals surface area contributed by atoms with E-state index in [-0.39, 0.29) is 0 Å². The van der Waals surface area contributed by atoms with Gasteiger partial charge in [0, 0.05) is 54.4 Å². The van der Waals surface area contributed by atoms with Gasteiger partial charge in [-0.25, -0.2) is 4.98 Å². The summed E-state index contributed by atoms with van der Waals surface area (Å²) < 4.78 is 5.50. The van der Waals surface area contributed by atoms with Gasteiger partial charge in [-0.15, -0.1) is 0 Å². The first kappa shape index (κ1) is 17.8. The summed E-state index contributed by atoms with van der Waals surface area (Å²) in [6, 6.07) is 11.6. The zero-order valence-electron chi connectivity index (χ0n) is 16.0. The van der Waals surface area contributed by atoms with Crippen molar-refractivity contribution < 1.29 is 9.53 Å². The quantitative estimate of drug-likeness (QED) is 0.638. The lowest BCUT2D eigenvalue weighted by molar-refractivity contribution is 0.112. The highest BCUT2D eigenvalue weighted by Gasteiger charge is 2.29. The van der Waals surface area contributed by atoms with E-state index in [1.54, 1.807) is 12.4 Å². The molecule has 0 bridgehead atoms. The molecule has 0 unspecified atom stereocenters. The van der Waals surface area contributed by atoms with E-state index < -0.39 is 0 Å². The van der Waals surface area contributed by atoms with Crippen LogP contribution in [0.2, 0.25) is 0 Å². The zero-order valence-corrected chi connectivity index (χ0v) is 16.0. The van der Waals surface area contributed by atoms with E-state index in [1.165, 1.54) is 0 Å². The first-order chi connectivity index (χ1) is 14.3. The summed E-state index contributed by atoms with van der Waals surface area (Å²) in [5.74, 6) is 1.64. The van der Waals surface area contributed by atoms with Crippen LogP contribution in [0.25, 0.3) is 11.3 Å². The van der Waals surface area contributed by atoms with Gasteiger partial charge in [0.05, 0.1) is 18.9 Å². The molecule has 1 fully saturated rings. The molecule has 0 atom stereocenters. The molecule has 0 radical (unpaired) electrons. The SMILES string of the molecule is O=Cc1cccc(-c2nc(N3CCOCC3)nc3c2CCN3c2ccncc2)c1. The van der Waals surface area contributed by atoms with Crippen LogP contribution in [0.4, 0.5) is 17.5 Å². The fourth-order valence-electron chi connectivity index (χ4n) is 3.92. The van der Waals surface area contributed by atoms with Crippen LogP contribution in [0.5, 0.6) is 0 Å². The van der Waals surface area contributed by atoms with E-state index in [1.807, 2.05) is 36.4 Å². The highest BCUT2D eigenvalue weighted by atomic mass is 16.5. The molecule has 0 amide bonds. The molecule has 0 saturated carbocycles. The number of benzene rings is 1. The lowest BCUT2D eigenvalue weighted by atomic mass is 10.0. The zero-order chi connectivity index (χ0) is 19.6. The molecule has 7 heteroatoms. The normalized spacial score (nSPS) is 16.0. The van der Waals surface area contributed by atoms with Gasteiger partial charge in [-0.3, -0.25) is 9.78 Å². The second kappa shape index (κ2) is 7.60. The number of nitrogens with zero attached hydrogens (tertiary/aromatic N) is 5. The van der Waals surface area contributed by atoms with Crippen LogP contribution in [0.3, 0.4) is 0 Å². The average Bonchev–Trinajstić information content (AvgIpc) is 3.24. The minimum atomic E-state index is 0.645. The topological polar surface area (TPSA) is 71.5 Å². The number of morpholine rings is 1. The Bertz CT molecular complexity index is 1030. The molecule has 7 nitrogen and oxygen atoms in total. The number of anilines is 3. The van der Waals surface area contributed by atoms with Gasteiger partial charge in [-0.2, -0.15) is 4.98 Å². The van der Waals surface area contributed by atoms with Crippen molar-refractivity contribution >= 4 is 23.7 Å². The van der Waals surface area contributed by atoms with Gasteiger partial charge in [-0.1, -0.05) is 18.2 Å². The van der Waals surface area contributed by atoms with Crippen molar-refractivity contribution in [3.8, 4) is 11.3 Å². The van der Waals surface area contributed by atoms with Gasteiger partial charge in [0.2, 0.25) is 5.95 Å². The highest BCUT2D eigenvalue weighted by molar-refractivity contribution is 5.81. The molecule has 2 aromatic heterocycles. The number of aldehydes is 1. The second-order valence-electron chi connectivity index (χ2n) is 7.12. The Morgan fingerprint density at radius 2 is 1.83 bits per heavy atom. The third-order valence-electron chi connectivity index (χ3n) is 5.38. The van der Waals surface area contributed by atoms with Crippen LogP contribution in [0.15, 0.2) is 48.8 Å². The predicted octanol–water partition coefficient (Wildman–Crippen LogP) is 2.88. The average molecular weight is 387 g/mol. The van der Waals surface area contributed by atoms with Gasteiger partial charge in [0.15, 0.2) is 0 Å². The van der Waals surface area contributed by atoms with Crippen molar-refractivity contribution in [2.24, 2.45) is 0 Å². The molecule has 146 valence electrons. The molecule has 2 aliphatic rings. The maximum Gasteiger partial charge on any atom is 0.228 e. The lowest BCUT2D eigenvalue weighted by Crippen LogP contribution is -2.37. The minimum Gasteiger partial charge on any atom is -0.378 e. The predicted molar refractivity (Wildman–Crippen MR) is 111 cm³/mol. The molecule has 1 aromatic carbocycles. The molecule has 2 aliphatic heterocycles. The Labute approximate surface area is 169 Å². The number of carbonyl (C=O) groups excluding carboxylic acids is 1. The largest absolute Gasteiger partial charge is 0.378 e. The number of fused-ring (bicyclic) bond motifs is 1. The van der Waals surface area contributed by atoms with Gasteiger partial charge >= 0.3 is 0 Å². The fourth-order valence-corrected chi connectivity index (χ4v) is 3.92. The van der Waals surface area contributed by atoms with Crippen molar-refractivity contribution in [3.05, 3.63) is 59.9 Å². The molecule has 0 spiro atoms. The standard InChI is InChI=1S/C22H21N5O2/c28-15-16-2-1-3-17(14-16)20-19-6-9-27(18-4-7-23-8-5-18)21(19)25-22(24-20)26-10-12-29-13-11-26/h1-5,7-8,14-15H,6,9-13H2. The Balaban J connectivity index is 1.66. The Morgan fingerprint density at radius 3 is 2.62 bits per heavy atom. The van der Waals surface area contributed by atoms with E-state index in [2.05, 4.69) is 14.8 Å². The molecular weight excluding hydrogens is 366 g/mol. The Kier molecular flexibility index (Phi) is 4.65. The van der Waals surface area contributed by atoms with Crippen LogP contribution in [0, 0.1) is 0 Å². The van der Waals surface area contributed by atoms with E-state index in [4.69, 9.17) is 14.7 Å². The number of rotatable bonds is 4. The van der Waals surface area contributed by atoms with Crippen molar-refractivity contribution in [1.82, 2.24) is 15.0 Å². The van der Waals surface area contributed by atoms with Crippen LogP contribution >= 0.6 is 0 Å². The smallest absolute Gasteiger partial charge is 0.228 e. The minimum absolute atomic E-state index is 0.645. The van der Waals surface area contributed by atoms with E-state index in [9.17, 15) is 4.79 Å². The maximum atomic E-state index is 11.3. The second-order valence-corrected chi connectivity index (χ2v) is 7.12. The summed E-state index contributed by atoms with van der Waals surface area (Å²) in [4.78, 5) is 29.7. The molecule has 0 N–H and O–H groups in total. The summed E-state index contributed by atoms with van der Waals surface area (Å²) in [7, 11) is 0. The van der Waals surface area contributed by atoms with Gasteiger partial charge in [-0.05, 0) is 24.6 Å². The summed E-state index contributed by atoms with van der Waals surface area (Å²) in [5.41, 5.74) is 4.67. The fraction of sp³-hybridized carbons (Fsp3) is 0.273. The molecular formula is C22H21N5O2. The Morgan fingerprint density at radius 1 is 1.00 bits per heavy atom. The third kappa shape index (κ3) is 3.34. The lowest BCUT2D eigenvalue weighted by Gasteiger charge is -2.28. The van der Waals surface area contributed by atoms with E-state index in [0.29, 0.717) is 24.7 Å². The number of pyridine rings is 1. The van der Waals surface area contributed by atoms with Crippen molar-refractivity contribution in [2.45, 2.75) is 6.42 Å². The highest BCUT2D eigenvalue weighted by Crippen LogP contribution is 2.39.